The fourth-order valence-corrected chi connectivity index (χ4v) is 7.19. The van der Waals surface area contributed by atoms with Crippen molar-refractivity contribution in [2.75, 3.05) is 0 Å². The van der Waals surface area contributed by atoms with Gasteiger partial charge in [-0.15, -0.1) is 0 Å². The van der Waals surface area contributed by atoms with Crippen LogP contribution in [-0.2, 0) is 0 Å². The zero-order chi connectivity index (χ0) is 29.2. The summed E-state index contributed by atoms with van der Waals surface area (Å²) in [6.45, 7) is 2.18. The summed E-state index contributed by atoms with van der Waals surface area (Å²) in [4.78, 5) is 0. The summed E-state index contributed by atoms with van der Waals surface area (Å²) in [5.41, 5.74) is 9.94. The first-order valence-corrected chi connectivity index (χ1v) is 15.3. The smallest absolute Gasteiger partial charge is 0.0619 e. The van der Waals surface area contributed by atoms with E-state index in [9.17, 15) is 0 Å². The maximum absolute atomic E-state index is 2.43. The van der Waals surface area contributed by atoms with E-state index in [0.29, 0.717) is 0 Å². The van der Waals surface area contributed by atoms with Crippen LogP contribution in [0.15, 0.2) is 158 Å². The molecule has 1 nitrogen and oxygen atoms in total. The van der Waals surface area contributed by atoms with Crippen LogP contribution in [-0.4, -0.2) is 4.57 Å². The number of para-hydroxylation sites is 1. The molecule has 0 unspecified atom stereocenters. The van der Waals surface area contributed by atoms with Gasteiger partial charge in [0, 0.05) is 21.8 Å². The maximum atomic E-state index is 2.43. The third-order valence-corrected chi connectivity index (χ3v) is 9.21. The van der Waals surface area contributed by atoms with Crippen molar-refractivity contribution in [1.82, 2.24) is 4.57 Å². The lowest BCUT2D eigenvalue weighted by atomic mass is 9.91. The Hall–Kier alpha value is -5.66. The number of nitrogens with zero attached hydrogens (tertiary/aromatic N) is 1. The average molecular weight is 560 g/mol. The standard InChI is InChI=1S/C43H29N/c1-28-19-24-42-40(25-28)41-27-39(36-17-9-10-18-37(36)43(41)44(42)32-12-3-2-4-13-32)30-22-20-29(21-23-30)38-26-31-11-5-6-14-33(31)34-15-7-8-16-35(34)38/h2-27H,1H3. The summed E-state index contributed by atoms with van der Waals surface area (Å²) < 4.78 is 2.43. The Morgan fingerprint density at radius 3 is 1.68 bits per heavy atom. The van der Waals surface area contributed by atoms with Crippen LogP contribution in [0.25, 0.3) is 82.1 Å². The van der Waals surface area contributed by atoms with Gasteiger partial charge >= 0.3 is 0 Å². The predicted octanol–water partition coefficient (Wildman–Crippen LogP) is 11.9. The largest absolute Gasteiger partial charge is 0.309 e. The molecule has 1 aromatic heterocycles. The van der Waals surface area contributed by atoms with E-state index in [0.717, 1.165) is 0 Å². The Morgan fingerprint density at radius 1 is 0.386 bits per heavy atom. The van der Waals surface area contributed by atoms with E-state index >= 15 is 0 Å². The van der Waals surface area contributed by atoms with E-state index in [1.807, 2.05) is 0 Å². The van der Waals surface area contributed by atoms with Gasteiger partial charge in [0.15, 0.2) is 0 Å². The van der Waals surface area contributed by atoms with Crippen LogP contribution in [0.4, 0.5) is 0 Å². The number of benzene rings is 8. The normalized spacial score (nSPS) is 11.8. The van der Waals surface area contributed by atoms with E-state index in [2.05, 4.69) is 169 Å². The molecule has 206 valence electrons. The van der Waals surface area contributed by atoms with Crippen molar-refractivity contribution < 1.29 is 0 Å². The highest BCUT2D eigenvalue weighted by atomic mass is 15.0. The minimum absolute atomic E-state index is 1.18. The molecule has 0 spiro atoms. The third-order valence-electron chi connectivity index (χ3n) is 9.21. The fourth-order valence-electron chi connectivity index (χ4n) is 7.19. The van der Waals surface area contributed by atoms with Gasteiger partial charge in [0.2, 0.25) is 0 Å². The van der Waals surface area contributed by atoms with Crippen molar-refractivity contribution >= 4 is 54.1 Å². The lowest BCUT2D eigenvalue weighted by Crippen LogP contribution is -1.94. The van der Waals surface area contributed by atoms with Crippen molar-refractivity contribution in [3.63, 3.8) is 0 Å². The molecular formula is C43H29N. The quantitative estimate of drug-likeness (QED) is 0.190. The third kappa shape index (κ3) is 3.73. The van der Waals surface area contributed by atoms with Crippen LogP contribution < -0.4 is 0 Å². The zero-order valence-electron chi connectivity index (χ0n) is 24.5. The first-order chi connectivity index (χ1) is 21.7. The van der Waals surface area contributed by atoms with E-state index in [1.165, 1.54) is 87.6 Å². The van der Waals surface area contributed by atoms with E-state index < -0.39 is 0 Å². The molecule has 0 saturated heterocycles. The molecular weight excluding hydrogens is 530 g/mol. The highest BCUT2D eigenvalue weighted by molar-refractivity contribution is 6.22. The van der Waals surface area contributed by atoms with Gasteiger partial charge in [0.1, 0.15) is 0 Å². The summed E-state index contributed by atoms with van der Waals surface area (Å²) in [7, 11) is 0. The monoisotopic (exact) mass is 559 g/mol. The highest BCUT2D eigenvalue weighted by Gasteiger charge is 2.18. The Morgan fingerprint density at radius 2 is 0.955 bits per heavy atom. The predicted molar refractivity (Wildman–Crippen MR) is 189 cm³/mol. The first-order valence-electron chi connectivity index (χ1n) is 15.3. The molecule has 0 N–H and O–H groups in total. The molecule has 0 saturated carbocycles. The molecule has 1 heteroatoms. The summed E-state index contributed by atoms with van der Waals surface area (Å²) >= 11 is 0. The molecule has 0 atom stereocenters. The van der Waals surface area contributed by atoms with Gasteiger partial charge in [0.25, 0.3) is 0 Å². The molecule has 0 amide bonds. The molecule has 44 heavy (non-hydrogen) atoms. The molecule has 9 rings (SSSR count). The van der Waals surface area contributed by atoms with Crippen LogP contribution in [0, 0.1) is 6.92 Å². The number of aryl methyl sites for hydroxylation is 1. The molecule has 0 aliphatic heterocycles. The van der Waals surface area contributed by atoms with Gasteiger partial charge in [-0.1, -0.05) is 127 Å². The van der Waals surface area contributed by atoms with Crippen LogP contribution in [0.1, 0.15) is 5.56 Å². The summed E-state index contributed by atoms with van der Waals surface area (Å²) in [6.07, 6.45) is 0. The van der Waals surface area contributed by atoms with Gasteiger partial charge in [-0.3, -0.25) is 0 Å². The van der Waals surface area contributed by atoms with Crippen molar-refractivity contribution in [2.24, 2.45) is 0 Å². The summed E-state index contributed by atoms with van der Waals surface area (Å²) in [5, 5.41) is 10.3. The molecule has 0 aliphatic rings. The summed E-state index contributed by atoms with van der Waals surface area (Å²) in [5.74, 6) is 0. The van der Waals surface area contributed by atoms with Crippen LogP contribution >= 0.6 is 0 Å². The van der Waals surface area contributed by atoms with E-state index in [4.69, 9.17) is 0 Å². The Balaban J connectivity index is 1.28. The van der Waals surface area contributed by atoms with Crippen LogP contribution in [0.3, 0.4) is 0 Å². The van der Waals surface area contributed by atoms with Gasteiger partial charge < -0.3 is 4.57 Å². The number of fused-ring (bicyclic) bond motifs is 8. The number of aromatic nitrogens is 1. The van der Waals surface area contributed by atoms with Gasteiger partial charge in [-0.2, -0.15) is 0 Å². The van der Waals surface area contributed by atoms with Crippen LogP contribution in [0.2, 0.25) is 0 Å². The van der Waals surface area contributed by atoms with E-state index in [1.54, 1.807) is 0 Å². The molecule has 8 aromatic carbocycles. The topological polar surface area (TPSA) is 4.93 Å². The average Bonchev–Trinajstić information content (AvgIpc) is 3.41. The number of rotatable bonds is 3. The Kier molecular flexibility index (Phi) is 5.48. The minimum Gasteiger partial charge on any atom is -0.309 e. The van der Waals surface area contributed by atoms with Gasteiger partial charge in [0.05, 0.1) is 11.0 Å². The van der Waals surface area contributed by atoms with Gasteiger partial charge in [-0.25, -0.2) is 0 Å². The van der Waals surface area contributed by atoms with Crippen LogP contribution in [0.5, 0.6) is 0 Å². The Labute approximate surface area is 256 Å². The number of hydrogen-bond acceptors (Lipinski definition) is 0. The van der Waals surface area contributed by atoms with E-state index in [-0.39, 0.29) is 0 Å². The zero-order valence-corrected chi connectivity index (χ0v) is 24.5. The molecule has 1 heterocycles. The summed E-state index contributed by atoms with van der Waals surface area (Å²) in [6, 6.07) is 57.9. The second-order valence-electron chi connectivity index (χ2n) is 11.8. The van der Waals surface area contributed by atoms with Crippen molar-refractivity contribution in [1.29, 1.82) is 0 Å². The van der Waals surface area contributed by atoms with Gasteiger partial charge in [-0.05, 0) is 92.5 Å². The maximum Gasteiger partial charge on any atom is 0.0619 e. The lowest BCUT2D eigenvalue weighted by Gasteiger charge is -2.14. The minimum atomic E-state index is 1.18. The second kappa shape index (κ2) is 9.69. The molecule has 9 aromatic rings. The SMILES string of the molecule is Cc1ccc2c(c1)c1cc(-c3ccc(-c4cc5ccccc5c5ccccc45)cc3)c3ccccc3c1n2-c1ccccc1. The van der Waals surface area contributed by atoms with Crippen molar-refractivity contribution in [2.45, 2.75) is 6.92 Å². The molecule has 0 fully saturated rings. The van der Waals surface area contributed by atoms with Crippen molar-refractivity contribution in [3.05, 3.63) is 163 Å². The molecule has 0 bridgehead atoms. The highest BCUT2D eigenvalue weighted by Crippen LogP contribution is 2.42. The second-order valence-corrected chi connectivity index (χ2v) is 11.8. The molecule has 0 radical (unpaired) electrons. The fraction of sp³-hybridized carbons (Fsp3) is 0.0233. The Bertz CT molecular complexity index is 2530. The molecule has 0 aliphatic carbocycles. The van der Waals surface area contributed by atoms with Crippen molar-refractivity contribution in [3.8, 4) is 27.9 Å². The lowest BCUT2D eigenvalue weighted by molar-refractivity contribution is 1.18. The number of hydrogen-bond donors (Lipinski definition) is 0. The first kappa shape index (κ1) is 24.9.